The Labute approximate surface area is 92.3 Å². The second-order valence-electron chi connectivity index (χ2n) is 3.25. The van der Waals surface area contributed by atoms with Crippen molar-refractivity contribution in [1.29, 1.82) is 0 Å². The molecule has 0 aliphatic rings. The number of imidazole rings is 1. The zero-order chi connectivity index (χ0) is 10.7. The molecular weight excluding hydrogens is 215 g/mol. The van der Waals surface area contributed by atoms with Crippen LogP contribution in [0.15, 0.2) is 36.9 Å². The number of benzene rings is 1. The quantitative estimate of drug-likeness (QED) is 0.784. The lowest BCUT2D eigenvalue weighted by molar-refractivity contribution is 0.593. The van der Waals surface area contributed by atoms with Gasteiger partial charge in [0.15, 0.2) is 0 Å². The van der Waals surface area contributed by atoms with Crippen molar-refractivity contribution in [1.82, 2.24) is 9.55 Å². The third kappa shape index (κ3) is 2.36. The molecule has 0 unspecified atom stereocenters. The minimum Gasteiger partial charge on any atom is -0.337 e. The van der Waals surface area contributed by atoms with E-state index in [1.165, 1.54) is 6.07 Å². The molecule has 0 N–H and O–H groups in total. The van der Waals surface area contributed by atoms with E-state index in [9.17, 15) is 4.39 Å². The van der Waals surface area contributed by atoms with Gasteiger partial charge in [-0.05, 0) is 18.6 Å². The summed E-state index contributed by atoms with van der Waals surface area (Å²) in [6, 6.07) is 4.74. The van der Waals surface area contributed by atoms with Gasteiger partial charge in [-0.25, -0.2) is 9.37 Å². The highest BCUT2D eigenvalue weighted by Gasteiger charge is 2.06. The Morgan fingerprint density at radius 2 is 2.27 bits per heavy atom. The highest BCUT2D eigenvalue weighted by atomic mass is 35.5. The van der Waals surface area contributed by atoms with Crippen molar-refractivity contribution >= 4 is 11.6 Å². The first-order chi connectivity index (χ1) is 7.27. The number of halogens is 2. The maximum absolute atomic E-state index is 13.4. The molecule has 4 heteroatoms. The van der Waals surface area contributed by atoms with E-state index in [0.29, 0.717) is 23.6 Å². The number of hydrogen-bond donors (Lipinski definition) is 0. The first-order valence-corrected chi connectivity index (χ1v) is 5.04. The molecule has 1 aromatic heterocycles. The van der Waals surface area contributed by atoms with Crippen molar-refractivity contribution in [3.8, 4) is 0 Å². The van der Waals surface area contributed by atoms with E-state index in [-0.39, 0.29) is 5.82 Å². The summed E-state index contributed by atoms with van der Waals surface area (Å²) in [6.45, 7) is 0.681. The van der Waals surface area contributed by atoms with E-state index in [1.807, 2.05) is 10.8 Å². The first kappa shape index (κ1) is 10.2. The summed E-state index contributed by atoms with van der Waals surface area (Å²) < 4.78 is 15.3. The molecule has 1 aromatic carbocycles. The van der Waals surface area contributed by atoms with Crippen LogP contribution in [0.25, 0.3) is 0 Å². The van der Waals surface area contributed by atoms with Gasteiger partial charge in [-0.3, -0.25) is 0 Å². The summed E-state index contributed by atoms with van der Waals surface area (Å²) in [5.74, 6) is -0.248. The van der Waals surface area contributed by atoms with Gasteiger partial charge in [0.05, 0.1) is 6.33 Å². The summed E-state index contributed by atoms with van der Waals surface area (Å²) >= 11 is 5.90. The van der Waals surface area contributed by atoms with Crippen molar-refractivity contribution < 1.29 is 4.39 Å². The van der Waals surface area contributed by atoms with Gasteiger partial charge in [0.2, 0.25) is 0 Å². The van der Waals surface area contributed by atoms with Crippen LogP contribution in [0.1, 0.15) is 5.56 Å². The molecule has 2 rings (SSSR count). The highest BCUT2D eigenvalue weighted by molar-refractivity contribution is 6.31. The second kappa shape index (κ2) is 4.45. The molecule has 0 amide bonds. The number of rotatable bonds is 3. The Morgan fingerprint density at radius 1 is 1.40 bits per heavy atom. The number of nitrogens with zero attached hydrogens (tertiary/aromatic N) is 2. The Balaban J connectivity index is 2.11. The van der Waals surface area contributed by atoms with Gasteiger partial charge in [0.25, 0.3) is 0 Å². The van der Waals surface area contributed by atoms with Crippen molar-refractivity contribution in [3.63, 3.8) is 0 Å². The number of aromatic nitrogens is 2. The van der Waals surface area contributed by atoms with E-state index in [2.05, 4.69) is 4.98 Å². The molecule has 0 aliphatic heterocycles. The normalized spacial score (nSPS) is 10.5. The fourth-order valence-corrected chi connectivity index (χ4v) is 1.69. The fraction of sp³-hybridized carbons (Fsp3) is 0.182. The molecule has 78 valence electrons. The summed E-state index contributed by atoms with van der Waals surface area (Å²) in [4.78, 5) is 3.92. The summed E-state index contributed by atoms with van der Waals surface area (Å²) in [7, 11) is 0. The van der Waals surface area contributed by atoms with Crippen LogP contribution in [0.4, 0.5) is 4.39 Å². The average molecular weight is 225 g/mol. The average Bonchev–Trinajstić information content (AvgIpc) is 2.70. The topological polar surface area (TPSA) is 17.8 Å². The van der Waals surface area contributed by atoms with Crippen molar-refractivity contribution in [2.45, 2.75) is 13.0 Å². The van der Waals surface area contributed by atoms with Gasteiger partial charge in [-0.1, -0.05) is 17.7 Å². The van der Waals surface area contributed by atoms with Gasteiger partial charge in [-0.15, -0.1) is 0 Å². The standard InChI is InChI=1S/C11H10ClFN2/c12-10-2-1-3-11(13)9(10)4-6-15-7-5-14-8-15/h1-3,5,7-8H,4,6H2. The first-order valence-electron chi connectivity index (χ1n) is 4.66. The van der Waals surface area contributed by atoms with Crippen molar-refractivity contribution in [2.24, 2.45) is 0 Å². The van der Waals surface area contributed by atoms with E-state index < -0.39 is 0 Å². The molecule has 15 heavy (non-hydrogen) atoms. The molecule has 0 saturated heterocycles. The molecule has 0 aliphatic carbocycles. The van der Waals surface area contributed by atoms with E-state index in [0.717, 1.165) is 0 Å². The summed E-state index contributed by atoms with van der Waals surface area (Å²) in [6.07, 6.45) is 5.81. The fourth-order valence-electron chi connectivity index (χ4n) is 1.43. The SMILES string of the molecule is Fc1cccc(Cl)c1CCn1ccnc1. The highest BCUT2D eigenvalue weighted by Crippen LogP contribution is 2.19. The molecule has 0 bridgehead atoms. The Kier molecular flexibility index (Phi) is 3.02. The van der Waals surface area contributed by atoms with Crippen LogP contribution in [-0.4, -0.2) is 9.55 Å². The smallest absolute Gasteiger partial charge is 0.127 e. The summed E-state index contributed by atoms with van der Waals surface area (Å²) in [5.41, 5.74) is 0.563. The molecule has 1 heterocycles. The lowest BCUT2D eigenvalue weighted by Gasteiger charge is -2.06. The lowest BCUT2D eigenvalue weighted by atomic mass is 10.1. The number of hydrogen-bond acceptors (Lipinski definition) is 1. The maximum Gasteiger partial charge on any atom is 0.127 e. The minimum atomic E-state index is -0.248. The van der Waals surface area contributed by atoms with Gasteiger partial charge < -0.3 is 4.57 Å². The van der Waals surface area contributed by atoms with Crippen LogP contribution in [0, 0.1) is 5.82 Å². The van der Waals surface area contributed by atoms with Crippen molar-refractivity contribution in [3.05, 3.63) is 53.3 Å². The summed E-state index contributed by atoms with van der Waals surface area (Å²) in [5, 5.41) is 0.482. The molecule has 0 atom stereocenters. The molecule has 0 saturated carbocycles. The predicted octanol–water partition coefficient (Wildman–Crippen LogP) is 2.92. The molecular formula is C11H10ClFN2. The third-order valence-electron chi connectivity index (χ3n) is 2.24. The second-order valence-corrected chi connectivity index (χ2v) is 3.66. The molecule has 2 aromatic rings. The Hall–Kier alpha value is -1.35. The lowest BCUT2D eigenvalue weighted by Crippen LogP contribution is -2.01. The largest absolute Gasteiger partial charge is 0.337 e. The maximum atomic E-state index is 13.4. The van der Waals surface area contributed by atoms with Gasteiger partial charge in [-0.2, -0.15) is 0 Å². The Bertz CT molecular complexity index is 420. The zero-order valence-corrected chi connectivity index (χ0v) is 8.78. The minimum absolute atomic E-state index is 0.248. The van der Waals surface area contributed by atoms with Crippen LogP contribution >= 0.6 is 11.6 Å². The van der Waals surface area contributed by atoms with Crippen molar-refractivity contribution in [2.75, 3.05) is 0 Å². The van der Waals surface area contributed by atoms with Crippen LogP contribution in [0.3, 0.4) is 0 Å². The van der Waals surface area contributed by atoms with E-state index >= 15 is 0 Å². The van der Waals surface area contributed by atoms with Gasteiger partial charge in [0, 0.05) is 29.5 Å². The van der Waals surface area contributed by atoms with Crippen LogP contribution < -0.4 is 0 Å². The Morgan fingerprint density at radius 3 is 2.93 bits per heavy atom. The zero-order valence-electron chi connectivity index (χ0n) is 8.03. The van der Waals surface area contributed by atoms with E-state index in [1.54, 1.807) is 24.7 Å². The van der Waals surface area contributed by atoms with Crippen LogP contribution in [0.5, 0.6) is 0 Å². The molecule has 0 spiro atoms. The van der Waals surface area contributed by atoms with E-state index in [4.69, 9.17) is 11.6 Å². The van der Waals surface area contributed by atoms with Crippen LogP contribution in [-0.2, 0) is 13.0 Å². The molecule has 2 nitrogen and oxygen atoms in total. The third-order valence-corrected chi connectivity index (χ3v) is 2.59. The van der Waals surface area contributed by atoms with Gasteiger partial charge >= 0.3 is 0 Å². The molecule has 0 radical (unpaired) electrons. The number of aryl methyl sites for hydroxylation is 1. The predicted molar refractivity (Wildman–Crippen MR) is 57.3 cm³/mol. The van der Waals surface area contributed by atoms with Gasteiger partial charge in [0.1, 0.15) is 5.82 Å². The van der Waals surface area contributed by atoms with Crippen LogP contribution in [0.2, 0.25) is 5.02 Å². The molecule has 0 fully saturated rings. The monoisotopic (exact) mass is 224 g/mol.